The lowest BCUT2D eigenvalue weighted by atomic mass is 10.0. The number of carbonyl (C=O) groups excluding carboxylic acids is 1. The van der Waals surface area contributed by atoms with Crippen LogP contribution in [-0.2, 0) is 4.79 Å². The number of carbonyl (C=O) groups is 1. The smallest absolute Gasteiger partial charge is 0.221 e. The van der Waals surface area contributed by atoms with E-state index in [0.29, 0.717) is 18.5 Å². The molecule has 2 N–H and O–H groups in total. The van der Waals surface area contributed by atoms with Crippen LogP contribution < -0.4 is 10.6 Å². The van der Waals surface area contributed by atoms with Crippen LogP contribution in [0.15, 0.2) is 23.1 Å². The van der Waals surface area contributed by atoms with Gasteiger partial charge in [-0.2, -0.15) is 0 Å². The van der Waals surface area contributed by atoms with Crippen LogP contribution in [0.2, 0.25) is 0 Å². The van der Waals surface area contributed by atoms with Crippen molar-refractivity contribution in [3.8, 4) is 0 Å². The third-order valence-electron chi connectivity index (χ3n) is 4.07. The maximum atomic E-state index is 12.0. The molecule has 0 bridgehead atoms. The fourth-order valence-electron chi connectivity index (χ4n) is 2.63. The van der Waals surface area contributed by atoms with E-state index in [1.165, 1.54) is 16.0 Å². The Balaban J connectivity index is 0.00000242. The lowest BCUT2D eigenvalue weighted by Gasteiger charge is -2.28. The number of thioether (sulfide) groups is 1. The Morgan fingerprint density at radius 3 is 2.82 bits per heavy atom. The van der Waals surface area contributed by atoms with Crippen LogP contribution in [0.3, 0.4) is 0 Å². The van der Waals surface area contributed by atoms with Gasteiger partial charge in [-0.05, 0) is 63.4 Å². The summed E-state index contributed by atoms with van der Waals surface area (Å²) < 4.78 is 0. The molecule has 2 atom stereocenters. The molecule has 0 radical (unpaired) electrons. The molecule has 124 valence electrons. The summed E-state index contributed by atoms with van der Waals surface area (Å²) in [6.45, 7) is 7.43. The monoisotopic (exact) mass is 342 g/mol. The van der Waals surface area contributed by atoms with E-state index in [4.69, 9.17) is 0 Å². The van der Waals surface area contributed by atoms with E-state index in [9.17, 15) is 4.79 Å². The van der Waals surface area contributed by atoms with Crippen molar-refractivity contribution in [1.82, 2.24) is 10.6 Å². The quantitative estimate of drug-likeness (QED) is 0.805. The number of hydrogen-bond donors (Lipinski definition) is 2. The lowest BCUT2D eigenvalue weighted by molar-refractivity contribution is -0.121. The molecule has 1 fully saturated rings. The molecule has 2 unspecified atom stereocenters. The fourth-order valence-corrected chi connectivity index (χ4v) is 3.58. The molecule has 0 aromatic heterocycles. The molecular weight excluding hydrogens is 316 g/mol. The number of piperidine rings is 1. The summed E-state index contributed by atoms with van der Waals surface area (Å²) in [5.74, 6) is 1.03. The van der Waals surface area contributed by atoms with Gasteiger partial charge in [-0.15, -0.1) is 24.2 Å². The summed E-state index contributed by atoms with van der Waals surface area (Å²) in [5.41, 5.74) is 2.63. The summed E-state index contributed by atoms with van der Waals surface area (Å²) in [6.07, 6.45) is 2.67. The van der Waals surface area contributed by atoms with Crippen LogP contribution in [0.25, 0.3) is 0 Å². The van der Waals surface area contributed by atoms with Crippen LogP contribution in [-0.4, -0.2) is 30.3 Å². The number of halogens is 1. The second kappa shape index (κ2) is 9.43. The highest BCUT2D eigenvalue weighted by Crippen LogP contribution is 2.21. The van der Waals surface area contributed by atoms with Crippen molar-refractivity contribution in [1.29, 1.82) is 0 Å². The second-order valence-corrected chi connectivity index (χ2v) is 7.16. The molecule has 5 heteroatoms. The number of benzene rings is 1. The molecule has 22 heavy (non-hydrogen) atoms. The number of amides is 1. The molecule has 1 saturated heterocycles. The van der Waals surface area contributed by atoms with E-state index < -0.39 is 0 Å². The SMILES string of the molecule is Cc1ccc(SCCC(=O)NC2CCNC(C)C2)cc1C.Cl. The van der Waals surface area contributed by atoms with Gasteiger partial charge in [0.15, 0.2) is 0 Å². The van der Waals surface area contributed by atoms with Crippen molar-refractivity contribution in [2.24, 2.45) is 0 Å². The molecule has 3 nitrogen and oxygen atoms in total. The Hall–Kier alpha value is -0.710. The maximum Gasteiger partial charge on any atom is 0.221 e. The highest BCUT2D eigenvalue weighted by Gasteiger charge is 2.19. The third-order valence-corrected chi connectivity index (χ3v) is 5.06. The van der Waals surface area contributed by atoms with Gasteiger partial charge in [0.2, 0.25) is 5.91 Å². The number of hydrogen-bond acceptors (Lipinski definition) is 3. The van der Waals surface area contributed by atoms with Gasteiger partial charge in [0.25, 0.3) is 0 Å². The van der Waals surface area contributed by atoms with E-state index in [2.05, 4.69) is 49.6 Å². The Morgan fingerprint density at radius 2 is 2.14 bits per heavy atom. The Bertz CT molecular complexity index is 496. The highest BCUT2D eigenvalue weighted by molar-refractivity contribution is 7.99. The second-order valence-electron chi connectivity index (χ2n) is 5.99. The minimum absolute atomic E-state index is 0. The molecule has 1 aromatic rings. The first-order chi connectivity index (χ1) is 10.0. The highest BCUT2D eigenvalue weighted by atomic mass is 35.5. The molecular formula is C17H27ClN2OS. The molecule has 1 amide bonds. The Labute approximate surface area is 144 Å². The Kier molecular flexibility index (Phi) is 8.29. The lowest BCUT2D eigenvalue weighted by Crippen LogP contribution is -2.46. The van der Waals surface area contributed by atoms with Gasteiger partial charge < -0.3 is 10.6 Å². The van der Waals surface area contributed by atoms with Crippen molar-refractivity contribution < 1.29 is 4.79 Å². The van der Waals surface area contributed by atoms with Crippen LogP contribution >= 0.6 is 24.2 Å². The fraction of sp³-hybridized carbons (Fsp3) is 0.588. The number of aryl methyl sites for hydroxylation is 2. The average Bonchev–Trinajstić information content (AvgIpc) is 2.43. The first kappa shape index (κ1) is 19.3. The zero-order valence-electron chi connectivity index (χ0n) is 13.6. The van der Waals surface area contributed by atoms with Gasteiger partial charge in [0.05, 0.1) is 0 Å². The van der Waals surface area contributed by atoms with Crippen LogP contribution in [0.4, 0.5) is 0 Å². The summed E-state index contributed by atoms with van der Waals surface area (Å²) in [6, 6.07) is 7.34. The van der Waals surface area contributed by atoms with Gasteiger partial charge in [-0.25, -0.2) is 0 Å². The molecule has 0 spiro atoms. The molecule has 1 aliphatic rings. The van der Waals surface area contributed by atoms with Crippen molar-refractivity contribution >= 4 is 30.1 Å². The van der Waals surface area contributed by atoms with Crippen LogP contribution in [0.5, 0.6) is 0 Å². The van der Waals surface area contributed by atoms with Gasteiger partial charge in [0, 0.05) is 29.2 Å². The molecule has 0 saturated carbocycles. The minimum Gasteiger partial charge on any atom is -0.353 e. The van der Waals surface area contributed by atoms with Crippen molar-refractivity contribution in [2.75, 3.05) is 12.3 Å². The number of nitrogens with one attached hydrogen (secondary N) is 2. The average molecular weight is 343 g/mol. The third kappa shape index (κ3) is 6.19. The molecule has 2 rings (SSSR count). The van der Waals surface area contributed by atoms with Crippen molar-refractivity contribution in [3.05, 3.63) is 29.3 Å². The first-order valence-corrected chi connectivity index (χ1v) is 8.76. The van der Waals surface area contributed by atoms with E-state index >= 15 is 0 Å². The molecule has 1 heterocycles. The predicted molar refractivity (Wildman–Crippen MR) is 97.1 cm³/mol. The standard InChI is InChI=1S/C17H26N2OS.ClH/c1-12-4-5-16(10-13(12)2)21-9-7-17(20)19-15-6-8-18-14(3)11-15;/h4-5,10,14-15,18H,6-9,11H2,1-3H3,(H,19,20);1H. The van der Waals surface area contributed by atoms with Crippen LogP contribution in [0, 0.1) is 13.8 Å². The van der Waals surface area contributed by atoms with Crippen molar-refractivity contribution in [3.63, 3.8) is 0 Å². The summed E-state index contributed by atoms with van der Waals surface area (Å²) >= 11 is 1.76. The minimum atomic E-state index is 0. The zero-order valence-corrected chi connectivity index (χ0v) is 15.3. The predicted octanol–water partition coefficient (Wildman–Crippen LogP) is 3.46. The topological polar surface area (TPSA) is 41.1 Å². The zero-order chi connectivity index (χ0) is 15.2. The molecule has 1 aliphatic heterocycles. The van der Waals surface area contributed by atoms with Gasteiger partial charge in [0.1, 0.15) is 0 Å². The van der Waals surface area contributed by atoms with E-state index in [1.54, 1.807) is 11.8 Å². The van der Waals surface area contributed by atoms with Crippen molar-refractivity contribution in [2.45, 2.75) is 57.0 Å². The molecule has 1 aromatic carbocycles. The molecule has 0 aliphatic carbocycles. The van der Waals surface area contributed by atoms with Gasteiger partial charge in [-0.1, -0.05) is 6.07 Å². The summed E-state index contributed by atoms with van der Waals surface area (Å²) in [4.78, 5) is 13.2. The van der Waals surface area contributed by atoms with Gasteiger partial charge >= 0.3 is 0 Å². The van der Waals surface area contributed by atoms with Crippen LogP contribution in [0.1, 0.15) is 37.3 Å². The number of rotatable bonds is 5. The largest absolute Gasteiger partial charge is 0.353 e. The summed E-state index contributed by atoms with van der Waals surface area (Å²) in [7, 11) is 0. The maximum absolute atomic E-state index is 12.0. The Morgan fingerprint density at radius 1 is 1.36 bits per heavy atom. The van der Waals surface area contributed by atoms with E-state index in [1.807, 2.05) is 0 Å². The van der Waals surface area contributed by atoms with E-state index in [-0.39, 0.29) is 18.3 Å². The normalized spacial score (nSPS) is 21.0. The first-order valence-electron chi connectivity index (χ1n) is 7.77. The summed E-state index contributed by atoms with van der Waals surface area (Å²) in [5, 5.41) is 6.57. The van der Waals surface area contributed by atoms with E-state index in [0.717, 1.165) is 25.1 Å². The van der Waals surface area contributed by atoms with Gasteiger partial charge in [-0.3, -0.25) is 4.79 Å².